The molecule has 0 radical (unpaired) electrons. The topological polar surface area (TPSA) is 91.7 Å². The quantitative estimate of drug-likeness (QED) is 0.489. The molecular formula is C12H11BrO5. The molecule has 2 unspecified atom stereocenters. The van der Waals surface area contributed by atoms with Crippen LogP contribution in [0.1, 0.15) is 39.3 Å². The highest BCUT2D eigenvalue weighted by atomic mass is 79.9. The van der Waals surface area contributed by atoms with Crippen molar-refractivity contribution >= 4 is 34.0 Å². The van der Waals surface area contributed by atoms with Crippen LogP contribution in [0.5, 0.6) is 0 Å². The molecule has 18 heavy (non-hydrogen) atoms. The van der Waals surface area contributed by atoms with Crippen LogP contribution >= 0.6 is 15.9 Å². The molecule has 0 aliphatic rings. The minimum Gasteiger partial charge on any atom is -0.479 e. The van der Waals surface area contributed by atoms with E-state index in [0.717, 1.165) is 0 Å². The molecule has 0 aliphatic heterocycles. The Kier molecular flexibility index (Phi) is 4.75. The van der Waals surface area contributed by atoms with Gasteiger partial charge in [0.15, 0.2) is 11.9 Å². The average Bonchev–Trinajstić information content (AvgIpc) is 2.35. The molecule has 0 fully saturated rings. The van der Waals surface area contributed by atoms with E-state index < -0.39 is 16.9 Å². The number of aliphatic hydroxyl groups is 1. The van der Waals surface area contributed by atoms with Crippen LogP contribution in [-0.4, -0.2) is 33.1 Å². The molecule has 1 rings (SSSR count). The second-order valence-electron chi connectivity index (χ2n) is 3.68. The van der Waals surface area contributed by atoms with Crippen LogP contribution in [0.4, 0.5) is 0 Å². The number of carbonyl (C=O) groups excluding carboxylic acids is 2. The van der Waals surface area contributed by atoms with Crippen molar-refractivity contribution in [2.75, 3.05) is 0 Å². The summed E-state index contributed by atoms with van der Waals surface area (Å²) < 4.78 is 0. The molecule has 2 atom stereocenters. The highest BCUT2D eigenvalue weighted by Gasteiger charge is 2.21. The number of halogens is 1. The van der Waals surface area contributed by atoms with Gasteiger partial charge in [0.05, 0.1) is 4.83 Å². The summed E-state index contributed by atoms with van der Waals surface area (Å²) >= 11 is 3.11. The normalized spacial score (nSPS) is 13.7. The van der Waals surface area contributed by atoms with Crippen molar-refractivity contribution in [1.29, 1.82) is 0 Å². The number of carboxylic acid groups (broad SMARTS) is 1. The van der Waals surface area contributed by atoms with Crippen molar-refractivity contribution in [2.45, 2.75) is 17.9 Å². The number of rotatable bonds is 5. The predicted octanol–water partition coefficient (Wildman–Crippen LogP) is 1.58. The van der Waals surface area contributed by atoms with Crippen LogP contribution in [0, 0.1) is 0 Å². The van der Waals surface area contributed by atoms with Gasteiger partial charge in [0.1, 0.15) is 6.29 Å². The van der Waals surface area contributed by atoms with Crippen molar-refractivity contribution in [2.24, 2.45) is 0 Å². The lowest BCUT2D eigenvalue weighted by Crippen LogP contribution is -2.15. The first-order chi connectivity index (χ1) is 8.38. The predicted molar refractivity (Wildman–Crippen MR) is 67.1 cm³/mol. The van der Waals surface area contributed by atoms with Gasteiger partial charge in [0, 0.05) is 16.7 Å². The Balaban J connectivity index is 3.23. The molecule has 1 aromatic carbocycles. The molecule has 2 N–H and O–H groups in total. The minimum atomic E-state index is -1.78. The molecule has 0 aromatic heterocycles. The van der Waals surface area contributed by atoms with Crippen molar-refractivity contribution in [1.82, 2.24) is 0 Å². The van der Waals surface area contributed by atoms with E-state index in [1.165, 1.54) is 18.2 Å². The summed E-state index contributed by atoms with van der Waals surface area (Å²) in [5.41, 5.74) is 0.239. The summed E-state index contributed by atoms with van der Waals surface area (Å²) in [7, 11) is 0. The molecule has 0 spiro atoms. The van der Waals surface area contributed by atoms with Crippen molar-refractivity contribution in [3.63, 3.8) is 0 Å². The van der Waals surface area contributed by atoms with Crippen molar-refractivity contribution in [3.05, 3.63) is 34.9 Å². The minimum absolute atomic E-state index is 0.0103. The Labute approximate surface area is 112 Å². The van der Waals surface area contributed by atoms with Crippen molar-refractivity contribution in [3.8, 4) is 0 Å². The number of carbonyl (C=O) groups is 3. The summed E-state index contributed by atoms with van der Waals surface area (Å²) in [6.45, 7) is 1.64. The summed E-state index contributed by atoms with van der Waals surface area (Å²) in [6.07, 6.45) is -1.37. The Morgan fingerprint density at radius 2 is 2.00 bits per heavy atom. The van der Waals surface area contributed by atoms with E-state index in [9.17, 15) is 19.5 Å². The molecule has 0 amide bonds. The Hall–Kier alpha value is -1.53. The van der Waals surface area contributed by atoms with Crippen LogP contribution in [0.3, 0.4) is 0 Å². The van der Waals surface area contributed by atoms with E-state index in [1.54, 1.807) is 6.92 Å². The van der Waals surface area contributed by atoms with Gasteiger partial charge in [-0.15, -0.1) is 0 Å². The number of aliphatic hydroxyl groups excluding tert-OH is 1. The van der Waals surface area contributed by atoms with Crippen LogP contribution < -0.4 is 0 Å². The smallest absolute Gasteiger partial charge is 0.337 e. The van der Waals surface area contributed by atoms with Gasteiger partial charge in [0.25, 0.3) is 0 Å². The summed E-state index contributed by atoms with van der Waals surface area (Å²) in [6, 6.07) is 3.92. The fourth-order valence-corrected chi connectivity index (χ4v) is 1.71. The van der Waals surface area contributed by atoms with Gasteiger partial charge >= 0.3 is 5.97 Å². The zero-order chi connectivity index (χ0) is 13.9. The highest BCUT2D eigenvalue weighted by molar-refractivity contribution is 9.10. The van der Waals surface area contributed by atoms with Gasteiger partial charge < -0.3 is 10.2 Å². The third-order valence-corrected chi connectivity index (χ3v) is 2.80. The lowest BCUT2D eigenvalue weighted by atomic mass is 9.98. The fraction of sp³-hybridized carbons (Fsp3) is 0.250. The van der Waals surface area contributed by atoms with E-state index in [4.69, 9.17) is 5.11 Å². The largest absolute Gasteiger partial charge is 0.479 e. The first kappa shape index (κ1) is 14.5. The van der Waals surface area contributed by atoms with E-state index in [-0.39, 0.29) is 22.5 Å². The zero-order valence-corrected chi connectivity index (χ0v) is 11.0. The summed E-state index contributed by atoms with van der Waals surface area (Å²) in [5.74, 6) is -1.68. The Morgan fingerprint density at radius 1 is 1.39 bits per heavy atom. The molecule has 0 aliphatic carbocycles. The third kappa shape index (κ3) is 3.02. The molecule has 0 saturated carbocycles. The van der Waals surface area contributed by atoms with E-state index >= 15 is 0 Å². The van der Waals surface area contributed by atoms with Gasteiger partial charge in [0.2, 0.25) is 0 Å². The highest BCUT2D eigenvalue weighted by Crippen LogP contribution is 2.20. The van der Waals surface area contributed by atoms with Crippen LogP contribution in [0.25, 0.3) is 0 Å². The summed E-state index contributed by atoms with van der Waals surface area (Å²) in [4.78, 5) is 32.8. The number of ketones is 1. The SMILES string of the molecule is CC(Br)C(=O)c1ccc(C(O)C(=O)O)c(C=O)c1. The molecule has 5 nitrogen and oxygen atoms in total. The molecule has 1 aromatic rings. The van der Waals surface area contributed by atoms with Crippen LogP contribution in [-0.2, 0) is 4.79 Å². The maximum Gasteiger partial charge on any atom is 0.337 e. The number of benzene rings is 1. The maximum absolute atomic E-state index is 11.7. The first-order valence-corrected chi connectivity index (χ1v) is 5.98. The number of alkyl halides is 1. The number of hydrogen-bond donors (Lipinski definition) is 2. The molecular weight excluding hydrogens is 304 g/mol. The van der Waals surface area contributed by atoms with Gasteiger partial charge in [-0.1, -0.05) is 28.1 Å². The number of hydrogen-bond acceptors (Lipinski definition) is 4. The molecule has 0 bridgehead atoms. The second-order valence-corrected chi connectivity index (χ2v) is 5.06. The molecule has 6 heteroatoms. The van der Waals surface area contributed by atoms with Crippen LogP contribution in [0.15, 0.2) is 18.2 Å². The monoisotopic (exact) mass is 314 g/mol. The number of aldehydes is 1. The average molecular weight is 315 g/mol. The first-order valence-electron chi connectivity index (χ1n) is 5.06. The standard InChI is InChI=1S/C12H11BrO5/c1-6(13)10(15)7-2-3-9(8(4-7)5-14)11(16)12(17)18/h2-6,11,16H,1H3,(H,17,18). The lowest BCUT2D eigenvalue weighted by Gasteiger charge is -2.10. The van der Waals surface area contributed by atoms with Crippen LogP contribution in [0.2, 0.25) is 0 Å². The van der Waals surface area contributed by atoms with Gasteiger partial charge in [-0.05, 0) is 13.0 Å². The number of Topliss-reactive ketones (excluding diaryl/α,β-unsaturated/α-hetero) is 1. The van der Waals surface area contributed by atoms with E-state index in [2.05, 4.69) is 15.9 Å². The Morgan fingerprint density at radius 3 is 2.44 bits per heavy atom. The fourth-order valence-electron chi connectivity index (χ4n) is 1.44. The van der Waals surface area contributed by atoms with E-state index in [1.807, 2.05) is 0 Å². The van der Waals surface area contributed by atoms with Gasteiger partial charge in [-0.25, -0.2) is 4.79 Å². The maximum atomic E-state index is 11.7. The van der Waals surface area contributed by atoms with Crippen molar-refractivity contribution < 1.29 is 24.6 Å². The van der Waals surface area contributed by atoms with E-state index in [0.29, 0.717) is 6.29 Å². The lowest BCUT2D eigenvalue weighted by molar-refractivity contribution is -0.146. The van der Waals surface area contributed by atoms with Gasteiger partial charge in [-0.3, -0.25) is 9.59 Å². The molecule has 96 valence electrons. The zero-order valence-electron chi connectivity index (χ0n) is 9.46. The number of aliphatic carboxylic acids is 1. The Bertz CT molecular complexity index is 495. The summed E-state index contributed by atoms with van der Waals surface area (Å²) in [5, 5.41) is 18.1. The van der Waals surface area contributed by atoms with Gasteiger partial charge in [-0.2, -0.15) is 0 Å². The molecule has 0 heterocycles. The third-order valence-electron chi connectivity index (χ3n) is 2.39. The second kappa shape index (κ2) is 5.88. The molecule has 0 saturated heterocycles. The number of carboxylic acids is 1.